The zero-order chi connectivity index (χ0) is 14.4. The predicted octanol–water partition coefficient (Wildman–Crippen LogP) is 2.07. The molecule has 4 nitrogen and oxygen atoms in total. The van der Waals surface area contributed by atoms with Gasteiger partial charge in [0, 0.05) is 12.1 Å². The van der Waals surface area contributed by atoms with Gasteiger partial charge < -0.3 is 10.5 Å². The molecule has 0 aliphatic heterocycles. The maximum Gasteiger partial charge on any atom is 0.257 e. The predicted molar refractivity (Wildman–Crippen MR) is 77.1 cm³/mol. The van der Waals surface area contributed by atoms with Crippen LogP contribution in [0.1, 0.15) is 29.3 Å². The lowest BCUT2D eigenvalue weighted by molar-refractivity contribution is -0.605. The van der Waals surface area contributed by atoms with Crippen molar-refractivity contribution >= 4 is 5.91 Å². The van der Waals surface area contributed by atoms with Gasteiger partial charge in [-0.15, -0.1) is 0 Å². The van der Waals surface area contributed by atoms with Crippen LogP contribution in [0.5, 0.6) is 0 Å². The van der Waals surface area contributed by atoms with Crippen molar-refractivity contribution in [1.29, 1.82) is 0 Å². The molecule has 4 heteroatoms. The summed E-state index contributed by atoms with van der Waals surface area (Å²) in [7, 11) is 0. The Balaban J connectivity index is 1.85. The summed E-state index contributed by atoms with van der Waals surface area (Å²) in [6, 6.07) is 13.4. The number of aryl methyl sites for hydroxylation is 1. The molecule has 1 atom stereocenters. The summed E-state index contributed by atoms with van der Waals surface area (Å²) in [5.74, 6) is -0.212. The molecule has 0 aliphatic carbocycles. The standard InChI is InChI=1S/C16H18N2O2/c1-13(9-10-14-6-3-2-4-7-14)17-16(19)15-8-5-11-18(20)12-15/h2-8,11-13H,9-10H2,1H3,(H,17,19). The van der Waals surface area contributed by atoms with Gasteiger partial charge in [0.05, 0.1) is 0 Å². The largest absolute Gasteiger partial charge is 0.619 e. The van der Waals surface area contributed by atoms with Gasteiger partial charge in [0.25, 0.3) is 5.91 Å². The second-order valence-corrected chi connectivity index (χ2v) is 4.85. The number of hydrogen-bond acceptors (Lipinski definition) is 2. The van der Waals surface area contributed by atoms with Crippen molar-refractivity contribution in [3.63, 3.8) is 0 Å². The molecule has 0 bridgehead atoms. The van der Waals surface area contributed by atoms with Crippen LogP contribution in [0, 0.1) is 5.21 Å². The number of carbonyl (C=O) groups is 1. The first-order valence-electron chi connectivity index (χ1n) is 6.69. The van der Waals surface area contributed by atoms with E-state index in [4.69, 9.17) is 0 Å². The van der Waals surface area contributed by atoms with Crippen LogP contribution in [0.4, 0.5) is 0 Å². The highest BCUT2D eigenvalue weighted by atomic mass is 16.5. The van der Waals surface area contributed by atoms with E-state index < -0.39 is 0 Å². The summed E-state index contributed by atoms with van der Waals surface area (Å²) in [6.45, 7) is 1.97. The molecule has 1 heterocycles. The molecule has 1 aromatic heterocycles. The van der Waals surface area contributed by atoms with E-state index in [1.807, 2.05) is 25.1 Å². The molecule has 2 rings (SSSR count). The number of benzene rings is 1. The van der Waals surface area contributed by atoms with E-state index in [1.165, 1.54) is 18.0 Å². The molecule has 0 saturated carbocycles. The number of nitrogens with zero attached hydrogens (tertiary/aromatic N) is 1. The summed E-state index contributed by atoms with van der Waals surface area (Å²) in [4.78, 5) is 12.0. The molecule has 104 valence electrons. The van der Waals surface area contributed by atoms with Crippen LogP contribution in [0.3, 0.4) is 0 Å². The van der Waals surface area contributed by atoms with E-state index in [-0.39, 0.29) is 11.9 Å². The Labute approximate surface area is 118 Å². The van der Waals surface area contributed by atoms with Crippen LogP contribution in [0.15, 0.2) is 54.9 Å². The molecule has 0 saturated heterocycles. The third-order valence-corrected chi connectivity index (χ3v) is 3.12. The zero-order valence-electron chi connectivity index (χ0n) is 11.5. The number of carbonyl (C=O) groups excluding carboxylic acids is 1. The Morgan fingerprint density at radius 2 is 2.00 bits per heavy atom. The van der Waals surface area contributed by atoms with Gasteiger partial charge in [0.1, 0.15) is 5.56 Å². The smallest absolute Gasteiger partial charge is 0.257 e. The fourth-order valence-corrected chi connectivity index (χ4v) is 2.00. The quantitative estimate of drug-likeness (QED) is 0.668. The third-order valence-electron chi connectivity index (χ3n) is 3.12. The molecule has 1 N–H and O–H groups in total. The lowest BCUT2D eigenvalue weighted by atomic mass is 10.1. The summed E-state index contributed by atoms with van der Waals surface area (Å²) in [5, 5.41) is 14.0. The molecular weight excluding hydrogens is 252 g/mol. The van der Waals surface area contributed by atoms with E-state index in [9.17, 15) is 10.0 Å². The average Bonchev–Trinajstić information content (AvgIpc) is 2.46. The van der Waals surface area contributed by atoms with Crippen LogP contribution in [0.25, 0.3) is 0 Å². The van der Waals surface area contributed by atoms with Crippen LogP contribution in [0.2, 0.25) is 0 Å². The van der Waals surface area contributed by atoms with E-state index in [0.717, 1.165) is 12.8 Å². The van der Waals surface area contributed by atoms with Crippen LogP contribution < -0.4 is 10.0 Å². The monoisotopic (exact) mass is 270 g/mol. The van der Waals surface area contributed by atoms with Crippen molar-refractivity contribution in [2.24, 2.45) is 0 Å². The van der Waals surface area contributed by atoms with Crippen molar-refractivity contribution in [3.8, 4) is 0 Å². The minimum Gasteiger partial charge on any atom is -0.619 e. The van der Waals surface area contributed by atoms with Crippen LogP contribution in [-0.4, -0.2) is 11.9 Å². The van der Waals surface area contributed by atoms with Gasteiger partial charge in [-0.25, -0.2) is 0 Å². The Hall–Kier alpha value is -2.36. The topological polar surface area (TPSA) is 56.0 Å². The number of pyridine rings is 1. The van der Waals surface area contributed by atoms with Gasteiger partial charge >= 0.3 is 0 Å². The fourth-order valence-electron chi connectivity index (χ4n) is 2.00. The Kier molecular flexibility index (Phi) is 4.71. The van der Waals surface area contributed by atoms with Crippen molar-refractivity contribution in [1.82, 2.24) is 5.32 Å². The van der Waals surface area contributed by atoms with Crippen molar-refractivity contribution in [2.45, 2.75) is 25.8 Å². The molecule has 0 spiro atoms. The summed E-state index contributed by atoms with van der Waals surface area (Å²) in [5.41, 5.74) is 1.64. The van der Waals surface area contributed by atoms with Crippen molar-refractivity contribution < 1.29 is 9.52 Å². The third kappa shape index (κ3) is 4.09. The summed E-state index contributed by atoms with van der Waals surface area (Å²) >= 11 is 0. The van der Waals surface area contributed by atoms with E-state index >= 15 is 0 Å². The molecule has 0 fully saturated rings. The maximum absolute atomic E-state index is 12.0. The van der Waals surface area contributed by atoms with Gasteiger partial charge in [-0.3, -0.25) is 4.79 Å². The molecule has 20 heavy (non-hydrogen) atoms. The van der Waals surface area contributed by atoms with Gasteiger partial charge in [0.2, 0.25) is 0 Å². The number of rotatable bonds is 5. The first-order chi connectivity index (χ1) is 9.65. The molecule has 1 aromatic carbocycles. The first-order valence-corrected chi connectivity index (χ1v) is 6.69. The summed E-state index contributed by atoms with van der Waals surface area (Å²) < 4.78 is 0.629. The van der Waals surface area contributed by atoms with Crippen molar-refractivity contribution in [2.75, 3.05) is 0 Å². The highest BCUT2D eigenvalue weighted by Gasteiger charge is 2.11. The van der Waals surface area contributed by atoms with E-state index in [1.54, 1.807) is 12.1 Å². The van der Waals surface area contributed by atoms with E-state index in [2.05, 4.69) is 17.4 Å². The van der Waals surface area contributed by atoms with Crippen molar-refractivity contribution in [3.05, 3.63) is 71.2 Å². The van der Waals surface area contributed by atoms with E-state index in [0.29, 0.717) is 10.3 Å². The second kappa shape index (κ2) is 6.70. The molecule has 0 radical (unpaired) electrons. The Bertz CT molecular complexity index is 570. The van der Waals surface area contributed by atoms with Crippen LogP contribution in [-0.2, 0) is 6.42 Å². The number of aromatic nitrogens is 1. The number of amides is 1. The molecular formula is C16H18N2O2. The molecule has 1 amide bonds. The number of nitrogens with one attached hydrogen (secondary N) is 1. The zero-order valence-corrected chi connectivity index (χ0v) is 11.5. The Morgan fingerprint density at radius 1 is 1.25 bits per heavy atom. The first kappa shape index (κ1) is 14.1. The molecule has 0 aliphatic rings. The lowest BCUT2D eigenvalue weighted by Gasteiger charge is -2.13. The SMILES string of the molecule is CC(CCc1ccccc1)NC(=O)c1ccc[n+]([O-])c1. The van der Waals surface area contributed by atoms with Crippen LogP contribution >= 0.6 is 0 Å². The van der Waals surface area contributed by atoms with Gasteiger partial charge in [-0.05, 0) is 31.4 Å². The highest BCUT2D eigenvalue weighted by molar-refractivity contribution is 5.93. The average molecular weight is 270 g/mol. The molecule has 2 aromatic rings. The van der Waals surface area contributed by atoms with Gasteiger partial charge in [-0.1, -0.05) is 30.3 Å². The maximum atomic E-state index is 12.0. The minimum absolute atomic E-state index is 0.0583. The fraction of sp³-hybridized carbons (Fsp3) is 0.250. The van der Waals surface area contributed by atoms with Gasteiger partial charge in [-0.2, -0.15) is 4.73 Å². The lowest BCUT2D eigenvalue weighted by Crippen LogP contribution is -2.35. The summed E-state index contributed by atoms with van der Waals surface area (Å²) in [6.07, 6.45) is 4.41. The second-order valence-electron chi connectivity index (χ2n) is 4.85. The minimum atomic E-state index is -0.212. The highest BCUT2D eigenvalue weighted by Crippen LogP contribution is 2.05. The Morgan fingerprint density at radius 3 is 2.70 bits per heavy atom. The molecule has 1 unspecified atom stereocenters. The normalized spacial score (nSPS) is 11.8. The number of hydrogen-bond donors (Lipinski definition) is 1. The van der Waals surface area contributed by atoms with Gasteiger partial charge in [0.15, 0.2) is 12.4 Å².